The first-order valence-corrected chi connectivity index (χ1v) is 14.6. The van der Waals surface area contributed by atoms with E-state index in [2.05, 4.69) is 10.6 Å². The highest BCUT2D eigenvalue weighted by atomic mass is 16.6. The molecule has 2 saturated heterocycles. The van der Waals surface area contributed by atoms with E-state index in [0.717, 1.165) is 46.9 Å². The van der Waals surface area contributed by atoms with E-state index in [1.165, 1.54) is 0 Å². The van der Waals surface area contributed by atoms with E-state index >= 15 is 0 Å². The first kappa shape index (κ1) is 28.2. The first-order chi connectivity index (χ1) is 20.6. The van der Waals surface area contributed by atoms with Gasteiger partial charge in [0.05, 0.1) is 19.1 Å². The zero-order valence-corrected chi connectivity index (χ0v) is 23.4. The van der Waals surface area contributed by atoms with Crippen molar-refractivity contribution in [2.75, 3.05) is 25.1 Å². The molecule has 3 heterocycles. The lowest BCUT2D eigenvalue weighted by Crippen LogP contribution is -2.47. The number of rotatable bonds is 9. The number of ether oxygens (including phenoxy) is 4. The van der Waals surface area contributed by atoms with Crippen molar-refractivity contribution >= 4 is 17.5 Å². The molecule has 3 aromatic rings. The Morgan fingerprint density at radius 3 is 2.48 bits per heavy atom. The molecule has 3 aliphatic rings. The third kappa shape index (κ3) is 6.59. The van der Waals surface area contributed by atoms with Crippen LogP contribution in [0.5, 0.6) is 17.2 Å². The zero-order valence-electron chi connectivity index (χ0n) is 23.4. The maximum absolute atomic E-state index is 12.9. The summed E-state index contributed by atoms with van der Waals surface area (Å²) in [4.78, 5) is 25.7. The summed E-state index contributed by atoms with van der Waals surface area (Å²) in [6.45, 7) is 1.38. The molecule has 42 heavy (non-hydrogen) atoms. The molecule has 220 valence electrons. The maximum atomic E-state index is 12.9. The van der Waals surface area contributed by atoms with Crippen molar-refractivity contribution in [3.63, 3.8) is 0 Å². The van der Waals surface area contributed by atoms with Crippen LogP contribution in [0, 0.1) is 5.92 Å². The number of benzene rings is 3. The molecule has 0 bridgehead atoms. The predicted octanol–water partition coefficient (Wildman–Crippen LogP) is 4.54. The zero-order chi connectivity index (χ0) is 28.9. The van der Waals surface area contributed by atoms with Crippen LogP contribution in [0.25, 0.3) is 0 Å². The van der Waals surface area contributed by atoms with Gasteiger partial charge in [-0.25, -0.2) is 0 Å². The van der Waals surface area contributed by atoms with E-state index in [1.807, 2.05) is 72.8 Å². The summed E-state index contributed by atoms with van der Waals surface area (Å²) in [5, 5.41) is 16.1. The molecule has 0 unspecified atom stereocenters. The fourth-order valence-electron chi connectivity index (χ4n) is 5.95. The summed E-state index contributed by atoms with van der Waals surface area (Å²) in [6, 6.07) is 22.8. The van der Waals surface area contributed by atoms with Crippen molar-refractivity contribution in [2.24, 2.45) is 5.92 Å². The lowest BCUT2D eigenvalue weighted by Gasteiger charge is -2.37. The van der Waals surface area contributed by atoms with Gasteiger partial charge in [-0.3, -0.25) is 9.59 Å². The van der Waals surface area contributed by atoms with Crippen LogP contribution in [0.1, 0.15) is 42.7 Å². The lowest BCUT2D eigenvalue weighted by atomic mass is 9.84. The highest BCUT2D eigenvalue weighted by Crippen LogP contribution is 2.47. The Morgan fingerprint density at radius 2 is 1.71 bits per heavy atom. The highest BCUT2D eigenvalue weighted by molar-refractivity contribution is 5.92. The summed E-state index contributed by atoms with van der Waals surface area (Å²) in [7, 11) is 0. The Balaban J connectivity index is 1.04. The number of nitrogens with one attached hydrogen (secondary N) is 2. The fourth-order valence-corrected chi connectivity index (χ4v) is 5.95. The Kier molecular flexibility index (Phi) is 8.69. The van der Waals surface area contributed by atoms with Gasteiger partial charge in [-0.15, -0.1) is 0 Å². The molecule has 9 nitrogen and oxygen atoms in total. The molecule has 6 rings (SSSR count). The molecule has 3 aliphatic heterocycles. The van der Waals surface area contributed by atoms with E-state index in [-0.39, 0.29) is 48.9 Å². The molecular formula is C33H36N2O7. The van der Waals surface area contributed by atoms with Crippen LogP contribution in [0.4, 0.5) is 5.69 Å². The largest absolute Gasteiger partial charge is 0.487 e. The van der Waals surface area contributed by atoms with Gasteiger partial charge in [0.25, 0.3) is 0 Å². The molecule has 0 aliphatic carbocycles. The number of anilines is 1. The van der Waals surface area contributed by atoms with Crippen LogP contribution in [0.15, 0.2) is 72.8 Å². The van der Waals surface area contributed by atoms with E-state index in [9.17, 15) is 14.7 Å². The Morgan fingerprint density at radius 1 is 0.952 bits per heavy atom. The minimum atomic E-state index is -0.550. The molecule has 3 N–H and O–H groups in total. The van der Waals surface area contributed by atoms with Gasteiger partial charge in [0.1, 0.15) is 29.5 Å². The fraction of sp³-hybridized carbons (Fsp3) is 0.394. The van der Waals surface area contributed by atoms with Gasteiger partial charge in [0.15, 0.2) is 0 Å². The SMILES string of the molecule is O=C(C[C@@H]1C[C@H]2c3cc(NC(=O)C4CCOCC4)ccc3O[C@H]2[C@H](CO)O1)NCc1ccc(Oc2ccccc2)cc1. The molecule has 4 atom stereocenters. The van der Waals surface area contributed by atoms with E-state index in [1.54, 1.807) is 0 Å². The van der Waals surface area contributed by atoms with Gasteiger partial charge >= 0.3 is 0 Å². The Bertz CT molecular complexity index is 1370. The van der Waals surface area contributed by atoms with Gasteiger partial charge < -0.3 is 34.7 Å². The van der Waals surface area contributed by atoms with Crippen molar-refractivity contribution in [3.05, 3.63) is 83.9 Å². The van der Waals surface area contributed by atoms with Crippen LogP contribution >= 0.6 is 0 Å². The summed E-state index contributed by atoms with van der Waals surface area (Å²) in [6.07, 6.45) is 0.916. The molecule has 0 aromatic heterocycles. The number of hydrogen-bond donors (Lipinski definition) is 3. The molecule has 9 heteroatoms. The van der Waals surface area contributed by atoms with Crippen molar-refractivity contribution in [3.8, 4) is 17.2 Å². The third-order valence-electron chi connectivity index (χ3n) is 8.16. The van der Waals surface area contributed by atoms with Gasteiger partial charge in [-0.1, -0.05) is 30.3 Å². The second-order valence-corrected chi connectivity index (χ2v) is 11.1. The summed E-state index contributed by atoms with van der Waals surface area (Å²) in [5.41, 5.74) is 2.64. The average molecular weight is 573 g/mol. The normalized spacial score (nSPS) is 23.3. The van der Waals surface area contributed by atoms with Crippen molar-refractivity contribution in [1.82, 2.24) is 5.32 Å². The number of carbonyl (C=O) groups excluding carboxylic acids is 2. The average Bonchev–Trinajstić information content (AvgIpc) is 3.39. The number of amides is 2. The second-order valence-electron chi connectivity index (χ2n) is 11.1. The molecule has 0 saturated carbocycles. The van der Waals surface area contributed by atoms with Gasteiger partial charge in [0.2, 0.25) is 11.8 Å². The standard InChI is InChI=1S/C33H36N2O7/c36-20-30-32-28(27-16-23(8-11-29(27)42-32)35-33(38)22-12-14-39-15-13-22)17-26(41-30)18-31(37)34-19-21-6-9-25(10-7-21)40-24-4-2-1-3-5-24/h1-11,16,22,26,28,30,32,36H,12-15,17-20H2,(H,34,37)(H,35,38)/t26-,28-,30-,32+/m0/s1. The highest BCUT2D eigenvalue weighted by Gasteiger charge is 2.46. The molecule has 3 aromatic carbocycles. The topological polar surface area (TPSA) is 115 Å². The maximum Gasteiger partial charge on any atom is 0.227 e. The molecule has 0 spiro atoms. The van der Waals surface area contributed by atoms with Crippen LogP contribution in [-0.4, -0.2) is 55.1 Å². The number of aliphatic hydroxyl groups excluding tert-OH is 1. The minimum absolute atomic E-state index is 0.00170. The third-order valence-corrected chi connectivity index (χ3v) is 8.16. The summed E-state index contributed by atoms with van der Waals surface area (Å²) < 4.78 is 23.5. The Hall–Kier alpha value is -3.92. The van der Waals surface area contributed by atoms with E-state index < -0.39 is 6.10 Å². The van der Waals surface area contributed by atoms with E-state index in [0.29, 0.717) is 26.2 Å². The number of para-hydroxylation sites is 1. The van der Waals surface area contributed by atoms with Crippen LogP contribution < -0.4 is 20.1 Å². The van der Waals surface area contributed by atoms with Gasteiger partial charge in [-0.2, -0.15) is 0 Å². The summed E-state index contributed by atoms with van der Waals surface area (Å²) >= 11 is 0. The van der Waals surface area contributed by atoms with Gasteiger partial charge in [0, 0.05) is 42.8 Å². The van der Waals surface area contributed by atoms with E-state index in [4.69, 9.17) is 18.9 Å². The smallest absolute Gasteiger partial charge is 0.227 e. The molecule has 2 fully saturated rings. The Labute approximate surface area is 245 Å². The number of hydrogen-bond acceptors (Lipinski definition) is 7. The number of fused-ring (bicyclic) bond motifs is 3. The number of aliphatic hydroxyl groups is 1. The van der Waals surface area contributed by atoms with Crippen LogP contribution in [-0.2, 0) is 25.6 Å². The van der Waals surface area contributed by atoms with Crippen LogP contribution in [0.3, 0.4) is 0 Å². The predicted molar refractivity (Wildman–Crippen MR) is 156 cm³/mol. The molecular weight excluding hydrogens is 536 g/mol. The quantitative estimate of drug-likeness (QED) is 0.345. The second kappa shape index (κ2) is 12.9. The molecule has 0 radical (unpaired) electrons. The number of carbonyl (C=O) groups is 2. The van der Waals surface area contributed by atoms with Crippen molar-refractivity contribution < 1.29 is 33.6 Å². The monoisotopic (exact) mass is 572 g/mol. The van der Waals surface area contributed by atoms with Gasteiger partial charge in [-0.05, 0) is 67.3 Å². The van der Waals surface area contributed by atoms with Crippen molar-refractivity contribution in [1.29, 1.82) is 0 Å². The summed E-state index contributed by atoms with van der Waals surface area (Å²) in [5.74, 6) is 1.98. The minimum Gasteiger partial charge on any atom is -0.487 e. The lowest BCUT2D eigenvalue weighted by molar-refractivity contribution is -0.142. The molecule has 2 amide bonds. The van der Waals surface area contributed by atoms with Crippen molar-refractivity contribution in [2.45, 2.75) is 56.5 Å². The van der Waals surface area contributed by atoms with Crippen LogP contribution in [0.2, 0.25) is 0 Å². The first-order valence-electron chi connectivity index (χ1n) is 14.6.